The van der Waals surface area contributed by atoms with Crippen molar-refractivity contribution in [2.45, 2.75) is 0 Å². The molecule has 1 N–H and O–H groups in total. The molecule has 0 atom stereocenters. The zero-order valence-corrected chi connectivity index (χ0v) is 9.38. The number of rotatable bonds is 4. The van der Waals surface area contributed by atoms with Gasteiger partial charge in [-0.15, -0.1) is 4.91 Å². The third kappa shape index (κ3) is 2.60. The van der Waals surface area contributed by atoms with Crippen LogP contribution in [0.1, 0.15) is 0 Å². The van der Waals surface area contributed by atoms with Crippen LogP contribution in [0.25, 0.3) is 0 Å². The van der Waals surface area contributed by atoms with E-state index in [0.29, 0.717) is 5.69 Å². The highest BCUT2D eigenvalue weighted by Crippen LogP contribution is 2.27. The summed E-state index contributed by atoms with van der Waals surface area (Å²) in [6.07, 6.45) is 0. The van der Waals surface area contributed by atoms with E-state index in [9.17, 15) is 4.91 Å². The van der Waals surface area contributed by atoms with Gasteiger partial charge in [0.25, 0.3) is 0 Å². The van der Waals surface area contributed by atoms with Crippen LogP contribution in [0.3, 0.4) is 0 Å². The van der Waals surface area contributed by atoms with Crippen LogP contribution in [0.2, 0.25) is 0 Å². The average Bonchev–Trinajstić information content (AvgIpc) is 2.40. The summed E-state index contributed by atoms with van der Waals surface area (Å²) in [5.41, 5.74) is 2.17. The number of hydrogen-bond donors (Lipinski definition) is 1. The summed E-state index contributed by atoms with van der Waals surface area (Å²) >= 11 is 0. The number of benzene rings is 2. The van der Waals surface area contributed by atoms with Crippen LogP contribution in [0.15, 0.2) is 53.7 Å². The third-order valence-corrected chi connectivity index (χ3v) is 2.36. The molecule has 17 heavy (non-hydrogen) atoms. The molecule has 2 aromatic rings. The number of para-hydroxylation sites is 2. The normalized spacial score (nSPS) is 9.71. The fourth-order valence-electron chi connectivity index (χ4n) is 1.51. The monoisotopic (exact) mass is 228 g/mol. The van der Waals surface area contributed by atoms with E-state index in [4.69, 9.17) is 4.74 Å². The molecule has 0 aliphatic heterocycles. The molecular weight excluding hydrogens is 216 g/mol. The Balaban J connectivity index is 2.21. The zero-order valence-electron chi connectivity index (χ0n) is 9.38. The maximum atomic E-state index is 10.3. The van der Waals surface area contributed by atoms with Crippen molar-refractivity contribution >= 4 is 17.1 Å². The Morgan fingerprint density at radius 2 is 1.76 bits per heavy atom. The lowest BCUT2D eigenvalue weighted by Crippen LogP contribution is -1.93. The second-order valence-corrected chi connectivity index (χ2v) is 3.46. The van der Waals surface area contributed by atoms with Gasteiger partial charge in [-0.05, 0) is 41.6 Å². The molecular formula is C13H12N2O2. The topological polar surface area (TPSA) is 50.7 Å². The van der Waals surface area contributed by atoms with Gasteiger partial charge in [-0.1, -0.05) is 12.1 Å². The highest BCUT2D eigenvalue weighted by molar-refractivity contribution is 5.67. The van der Waals surface area contributed by atoms with E-state index in [1.807, 2.05) is 24.3 Å². The van der Waals surface area contributed by atoms with Crippen molar-refractivity contribution in [3.63, 3.8) is 0 Å². The molecule has 4 nitrogen and oxygen atoms in total. The minimum absolute atomic E-state index is 0.413. The van der Waals surface area contributed by atoms with E-state index in [0.717, 1.165) is 17.1 Å². The molecule has 0 saturated carbocycles. The van der Waals surface area contributed by atoms with Crippen molar-refractivity contribution in [3.05, 3.63) is 53.4 Å². The predicted octanol–water partition coefficient (Wildman–Crippen LogP) is 3.84. The second kappa shape index (κ2) is 5.12. The van der Waals surface area contributed by atoms with Gasteiger partial charge < -0.3 is 10.1 Å². The smallest absolute Gasteiger partial charge is 0.142 e. The number of nitrogens with zero attached hydrogens (tertiary/aromatic N) is 1. The molecule has 0 bridgehead atoms. The fraction of sp³-hybridized carbons (Fsp3) is 0.0769. The van der Waals surface area contributed by atoms with Crippen molar-refractivity contribution in [3.8, 4) is 5.75 Å². The van der Waals surface area contributed by atoms with Crippen LogP contribution in [-0.2, 0) is 0 Å². The highest BCUT2D eigenvalue weighted by Gasteiger charge is 2.01. The summed E-state index contributed by atoms with van der Waals surface area (Å²) in [5.74, 6) is 0.769. The van der Waals surface area contributed by atoms with Gasteiger partial charge in [-0.3, -0.25) is 0 Å². The molecule has 2 aromatic carbocycles. The molecule has 0 aromatic heterocycles. The van der Waals surface area contributed by atoms with Gasteiger partial charge in [-0.25, -0.2) is 0 Å². The molecule has 86 valence electrons. The van der Waals surface area contributed by atoms with Gasteiger partial charge in [0.15, 0.2) is 0 Å². The zero-order chi connectivity index (χ0) is 12.1. The number of nitrogens with one attached hydrogen (secondary N) is 1. The van der Waals surface area contributed by atoms with Crippen LogP contribution in [0, 0.1) is 4.91 Å². The van der Waals surface area contributed by atoms with E-state index >= 15 is 0 Å². The molecule has 2 rings (SSSR count). The second-order valence-electron chi connectivity index (χ2n) is 3.46. The average molecular weight is 228 g/mol. The van der Waals surface area contributed by atoms with Crippen molar-refractivity contribution < 1.29 is 4.74 Å². The lowest BCUT2D eigenvalue weighted by atomic mass is 10.2. The quantitative estimate of drug-likeness (QED) is 0.809. The fourth-order valence-corrected chi connectivity index (χ4v) is 1.51. The minimum Gasteiger partial charge on any atom is -0.495 e. The first-order valence-electron chi connectivity index (χ1n) is 5.17. The van der Waals surface area contributed by atoms with E-state index in [1.165, 1.54) is 0 Å². The maximum Gasteiger partial charge on any atom is 0.142 e. The van der Waals surface area contributed by atoms with Crippen molar-refractivity contribution in [2.75, 3.05) is 12.4 Å². The summed E-state index contributed by atoms with van der Waals surface area (Å²) in [5, 5.41) is 6.06. The Morgan fingerprint density at radius 1 is 1.06 bits per heavy atom. The Labute approximate surface area is 99.2 Å². The summed E-state index contributed by atoms with van der Waals surface area (Å²) in [4.78, 5) is 10.3. The Bertz CT molecular complexity index is 509. The van der Waals surface area contributed by atoms with Gasteiger partial charge >= 0.3 is 0 Å². The van der Waals surface area contributed by atoms with Crippen LogP contribution >= 0.6 is 0 Å². The lowest BCUT2D eigenvalue weighted by molar-refractivity contribution is 0.417. The predicted molar refractivity (Wildman–Crippen MR) is 68.2 cm³/mol. The van der Waals surface area contributed by atoms with Crippen LogP contribution < -0.4 is 10.1 Å². The van der Waals surface area contributed by atoms with E-state index < -0.39 is 0 Å². The molecule has 0 amide bonds. The van der Waals surface area contributed by atoms with Gasteiger partial charge in [0.05, 0.1) is 12.8 Å². The van der Waals surface area contributed by atoms with Gasteiger partial charge in [0.1, 0.15) is 11.4 Å². The molecule has 0 radical (unpaired) electrons. The third-order valence-electron chi connectivity index (χ3n) is 2.36. The number of anilines is 2. The van der Waals surface area contributed by atoms with E-state index in [1.54, 1.807) is 31.4 Å². The summed E-state index contributed by atoms with van der Waals surface area (Å²) in [6, 6.07) is 14.5. The van der Waals surface area contributed by atoms with Crippen LogP contribution in [0.4, 0.5) is 17.1 Å². The highest BCUT2D eigenvalue weighted by atomic mass is 16.5. The van der Waals surface area contributed by atoms with Crippen molar-refractivity contribution in [1.82, 2.24) is 0 Å². The van der Waals surface area contributed by atoms with Gasteiger partial charge in [0.2, 0.25) is 0 Å². The maximum absolute atomic E-state index is 10.3. The van der Waals surface area contributed by atoms with Gasteiger partial charge in [0, 0.05) is 5.69 Å². The van der Waals surface area contributed by atoms with E-state index in [2.05, 4.69) is 10.5 Å². The lowest BCUT2D eigenvalue weighted by Gasteiger charge is -2.10. The standard InChI is InChI=1S/C13H12N2O2/c1-17-13-5-3-2-4-12(13)14-10-6-8-11(15-16)9-7-10/h2-9,14H,1H3. The SMILES string of the molecule is COc1ccccc1Nc1ccc(N=O)cc1. The number of methoxy groups -OCH3 is 1. The Kier molecular flexibility index (Phi) is 3.35. The molecule has 0 saturated heterocycles. The summed E-state index contributed by atoms with van der Waals surface area (Å²) in [6.45, 7) is 0. The molecule has 0 fully saturated rings. The Hall–Kier alpha value is -2.36. The first-order valence-corrected chi connectivity index (χ1v) is 5.17. The number of nitroso groups, excluding NO2 is 1. The van der Waals surface area contributed by atoms with Crippen LogP contribution in [0.5, 0.6) is 5.75 Å². The first kappa shape index (κ1) is 11.1. The van der Waals surface area contributed by atoms with Crippen molar-refractivity contribution in [1.29, 1.82) is 0 Å². The molecule has 0 aliphatic carbocycles. The molecule has 4 heteroatoms. The number of ether oxygens (including phenoxy) is 1. The minimum atomic E-state index is 0.413. The van der Waals surface area contributed by atoms with Gasteiger partial charge in [-0.2, -0.15) is 0 Å². The van der Waals surface area contributed by atoms with Crippen LogP contribution in [-0.4, -0.2) is 7.11 Å². The summed E-state index contributed by atoms with van der Waals surface area (Å²) in [7, 11) is 1.62. The molecule has 0 unspecified atom stereocenters. The van der Waals surface area contributed by atoms with Crippen molar-refractivity contribution in [2.24, 2.45) is 5.18 Å². The first-order chi connectivity index (χ1) is 8.33. The number of hydrogen-bond acceptors (Lipinski definition) is 4. The largest absolute Gasteiger partial charge is 0.495 e. The van der Waals surface area contributed by atoms with E-state index in [-0.39, 0.29) is 0 Å². The summed E-state index contributed by atoms with van der Waals surface area (Å²) < 4.78 is 5.23. The molecule has 0 spiro atoms. The molecule has 0 heterocycles. The Morgan fingerprint density at radius 3 is 2.41 bits per heavy atom. The molecule has 0 aliphatic rings.